The molecule has 0 bridgehead atoms. The maximum absolute atomic E-state index is 13.2. The minimum Gasteiger partial charge on any atom is -0.497 e. The van der Waals surface area contributed by atoms with Crippen LogP contribution in [0.1, 0.15) is 23.3 Å². The van der Waals surface area contributed by atoms with Crippen molar-refractivity contribution < 1.29 is 27.4 Å². The van der Waals surface area contributed by atoms with E-state index in [1.165, 1.54) is 36.9 Å². The zero-order valence-electron chi connectivity index (χ0n) is 16.2. The predicted molar refractivity (Wildman–Crippen MR) is 105 cm³/mol. The molecule has 1 unspecified atom stereocenters. The van der Waals surface area contributed by atoms with Gasteiger partial charge in [0.2, 0.25) is 10.0 Å². The Morgan fingerprint density at radius 3 is 2.66 bits per heavy atom. The van der Waals surface area contributed by atoms with Gasteiger partial charge < -0.3 is 19.9 Å². The van der Waals surface area contributed by atoms with Crippen LogP contribution in [0.2, 0.25) is 0 Å². The van der Waals surface area contributed by atoms with E-state index in [1.807, 2.05) is 0 Å². The first kappa shape index (κ1) is 20.9. The van der Waals surface area contributed by atoms with E-state index >= 15 is 0 Å². The standard InChI is InChI=1S/C19H23N3O6S/c1-26-13-5-6-17(27-2)18(11-13)29(24,25)22-9-3-4-15(12-22)28-14-7-8-21-16(10-14)19(20)23/h5-8,10-11,15H,3-4,9,12H2,1-2H3,(H2,20,23). The maximum Gasteiger partial charge on any atom is 0.267 e. The number of aromatic nitrogens is 1. The minimum absolute atomic E-state index is 0.0416. The summed E-state index contributed by atoms with van der Waals surface area (Å²) in [5, 5.41) is 0. The van der Waals surface area contributed by atoms with E-state index in [0.717, 1.165) is 0 Å². The van der Waals surface area contributed by atoms with Crippen LogP contribution in [0.5, 0.6) is 17.2 Å². The number of amides is 1. The first-order valence-electron chi connectivity index (χ1n) is 9.00. The number of nitrogens with two attached hydrogens (primary N) is 1. The highest BCUT2D eigenvalue weighted by Crippen LogP contribution is 2.32. The summed E-state index contributed by atoms with van der Waals surface area (Å²) >= 11 is 0. The monoisotopic (exact) mass is 421 g/mol. The highest BCUT2D eigenvalue weighted by Gasteiger charge is 2.33. The number of nitrogens with zero attached hydrogens (tertiary/aromatic N) is 2. The molecule has 0 saturated carbocycles. The maximum atomic E-state index is 13.2. The van der Waals surface area contributed by atoms with Crippen molar-refractivity contribution in [3.05, 3.63) is 42.2 Å². The number of pyridine rings is 1. The van der Waals surface area contributed by atoms with Crippen molar-refractivity contribution in [2.24, 2.45) is 5.73 Å². The molecule has 1 fully saturated rings. The van der Waals surface area contributed by atoms with Gasteiger partial charge in [-0.2, -0.15) is 4.31 Å². The topological polar surface area (TPSA) is 121 Å². The summed E-state index contributed by atoms with van der Waals surface area (Å²) in [4.78, 5) is 15.2. The summed E-state index contributed by atoms with van der Waals surface area (Å²) in [6.07, 6.45) is 2.35. The summed E-state index contributed by atoms with van der Waals surface area (Å²) < 4.78 is 44.1. The predicted octanol–water partition coefficient (Wildman–Crippen LogP) is 1.43. The van der Waals surface area contributed by atoms with Gasteiger partial charge >= 0.3 is 0 Å². The van der Waals surface area contributed by atoms with Gasteiger partial charge in [-0.1, -0.05) is 0 Å². The number of piperidine rings is 1. The van der Waals surface area contributed by atoms with Crippen molar-refractivity contribution in [3.63, 3.8) is 0 Å². The van der Waals surface area contributed by atoms with Gasteiger partial charge in [0.1, 0.15) is 33.9 Å². The molecule has 156 valence electrons. The average Bonchev–Trinajstić information content (AvgIpc) is 2.73. The molecule has 29 heavy (non-hydrogen) atoms. The molecular weight excluding hydrogens is 398 g/mol. The number of carbonyl (C=O) groups excluding carboxylic acids is 1. The Hall–Kier alpha value is -2.85. The van der Waals surface area contributed by atoms with Crippen LogP contribution in [0.25, 0.3) is 0 Å². The van der Waals surface area contributed by atoms with E-state index < -0.39 is 15.9 Å². The third-order valence-corrected chi connectivity index (χ3v) is 6.50. The molecule has 1 amide bonds. The third kappa shape index (κ3) is 4.60. The lowest BCUT2D eigenvalue weighted by Gasteiger charge is -2.32. The van der Waals surface area contributed by atoms with E-state index in [1.54, 1.807) is 18.2 Å². The Labute approximate surface area is 169 Å². The molecule has 2 aromatic rings. The van der Waals surface area contributed by atoms with Crippen molar-refractivity contribution in [1.82, 2.24) is 9.29 Å². The summed E-state index contributed by atoms with van der Waals surface area (Å²) in [7, 11) is -0.933. The van der Waals surface area contributed by atoms with Gasteiger partial charge in [0.05, 0.1) is 20.8 Å². The number of methoxy groups -OCH3 is 2. The normalized spacial score (nSPS) is 17.5. The number of hydrogen-bond donors (Lipinski definition) is 1. The fourth-order valence-corrected chi connectivity index (χ4v) is 4.84. The molecule has 2 heterocycles. The van der Waals surface area contributed by atoms with E-state index in [0.29, 0.717) is 30.9 Å². The van der Waals surface area contributed by atoms with Gasteiger partial charge in [0.25, 0.3) is 5.91 Å². The van der Waals surface area contributed by atoms with Crippen LogP contribution >= 0.6 is 0 Å². The number of ether oxygens (including phenoxy) is 3. The fourth-order valence-electron chi connectivity index (χ4n) is 3.16. The number of carbonyl (C=O) groups is 1. The summed E-state index contributed by atoms with van der Waals surface area (Å²) in [5.74, 6) is 0.421. The second-order valence-electron chi connectivity index (χ2n) is 6.50. The molecule has 1 aromatic heterocycles. The molecule has 1 saturated heterocycles. The van der Waals surface area contributed by atoms with Crippen molar-refractivity contribution in [2.75, 3.05) is 27.3 Å². The zero-order valence-corrected chi connectivity index (χ0v) is 17.0. The van der Waals surface area contributed by atoms with E-state index in [-0.39, 0.29) is 29.0 Å². The lowest BCUT2D eigenvalue weighted by molar-refractivity contribution is 0.0993. The Kier molecular flexibility index (Phi) is 6.23. The number of hydrogen-bond acceptors (Lipinski definition) is 7. The molecule has 1 atom stereocenters. The van der Waals surface area contributed by atoms with Crippen LogP contribution in [0.3, 0.4) is 0 Å². The Bertz CT molecular complexity index is 995. The van der Waals surface area contributed by atoms with Crippen LogP contribution in [-0.2, 0) is 10.0 Å². The number of rotatable bonds is 7. The van der Waals surface area contributed by atoms with Crippen LogP contribution in [0.15, 0.2) is 41.4 Å². The lowest BCUT2D eigenvalue weighted by atomic mass is 10.1. The summed E-state index contributed by atoms with van der Waals surface area (Å²) in [6, 6.07) is 7.69. The van der Waals surface area contributed by atoms with Crippen LogP contribution < -0.4 is 19.9 Å². The first-order valence-corrected chi connectivity index (χ1v) is 10.4. The SMILES string of the molecule is COc1ccc(OC)c(S(=O)(=O)N2CCCC(Oc3ccnc(C(N)=O)c3)C2)c1. The van der Waals surface area contributed by atoms with Crippen LogP contribution in [-0.4, -0.2) is 57.0 Å². The molecule has 1 aliphatic rings. The van der Waals surface area contributed by atoms with Gasteiger partial charge in [0, 0.05) is 24.9 Å². The Morgan fingerprint density at radius 2 is 1.97 bits per heavy atom. The molecule has 0 radical (unpaired) electrons. The number of benzene rings is 1. The third-order valence-electron chi connectivity index (χ3n) is 4.62. The van der Waals surface area contributed by atoms with Crippen LogP contribution in [0, 0.1) is 0 Å². The summed E-state index contributed by atoms with van der Waals surface area (Å²) in [6.45, 7) is 0.530. The number of sulfonamides is 1. The quantitative estimate of drug-likeness (QED) is 0.718. The highest BCUT2D eigenvalue weighted by atomic mass is 32.2. The molecule has 9 nitrogen and oxygen atoms in total. The molecular formula is C19H23N3O6S. The van der Waals surface area contributed by atoms with Crippen LogP contribution in [0.4, 0.5) is 0 Å². The van der Waals surface area contributed by atoms with Gasteiger partial charge in [0.15, 0.2) is 0 Å². The van der Waals surface area contributed by atoms with Gasteiger partial charge in [-0.15, -0.1) is 0 Å². The minimum atomic E-state index is -3.82. The number of primary amides is 1. The van der Waals surface area contributed by atoms with Crippen molar-refractivity contribution in [3.8, 4) is 17.2 Å². The van der Waals surface area contributed by atoms with Crippen molar-refractivity contribution in [1.29, 1.82) is 0 Å². The first-order chi connectivity index (χ1) is 13.8. The molecule has 3 rings (SSSR count). The molecule has 0 spiro atoms. The van der Waals surface area contributed by atoms with Gasteiger partial charge in [-0.3, -0.25) is 9.78 Å². The Morgan fingerprint density at radius 1 is 1.17 bits per heavy atom. The lowest BCUT2D eigenvalue weighted by Crippen LogP contribution is -2.44. The van der Waals surface area contributed by atoms with E-state index in [2.05, 4.69) is 4.98 Å². The average molecular weight is 421 g/mol. The fraction of sp³-hybridized carbons (Fsp3) is 0.368. The molecule has 1 aromatic carbocycles. The zero-order chi connectivity index (χ0) is 21.0. The second kappa shape index (κ2) is 8.66. The molecule has 10 heteroatoms. The van der Waals surface area contributed by atoms with E-state index in [9.17, 15) is 13.2 Å². The summed E-state index contributed by atoms with van der Waals surface area (Å²) in [5.41, 5.74) is 5.33. The van der Waals surface area contributed by atoms with Crippen molar-refractivity contribution >= 4 is 15.9 Å². The molecule has 2 N–H and O–H groups in total. The highest BCUT2D eigenvalue weighted by molar-refractivity contribution is 7.89. The van der Waals surface area contributed by atoms with Gasteiger partial charge in [-0.25, -0.2) is 8.42 Å². The molecule has 1 aliphatic heterocycles. The van der Waals surface area contributed by atoms with E-state index in [4.69, 9.17) is 19.9 Å². The Balaban J connectivity index is 1.81. The molecule has 0 aliphatic carbocycles. The van der Waals surface area contributed by atoms with Gasteiger partial charge in [-0.05, 0) is 31.0 Å². The largest absolute Gasteiger partial charge is 0.497 e. The smallest absolute Gasteiger partial charge is 0.267 e. The second-order valence-corrected chi connectivity index (χ2v) is 8.41. The van der Waals surface area contributed by atoms with Crippen molar-refractivity contribution in [2.45, 2.75) is 23.8 Å².